The first-order valence-electron chi connectivity index (χ1n) is 7.96. The van der Waals surface area contributed by atoms with Crippen LogP contribution in [0.3, 0.4) is 0 Å². The van der Waals surface area contributed by atoms with E-state index in [1.54, 1.807) is 23.1 Å². The molecule has 1 fully saturated rings. The van der Waals surface area contributed by atoms with Crippen LogP contribution in [0.5, 0.6) is 0 Å². The second-order valence-corrected chi connectivity index (χ2v) is 5.98. The summed E-state index contributed by atoms with van der Waals surface area (Å²) in [6.45, 7) is 2.44. The Kier molecular flexibility index (Phi) is 4.39. The number of ether oxygens (including phenoxy) is 2. The van der Waals surface area contributed by atoms with Gasteiger partial charge in [-0.25, -0.2) is 19.4 Å². The van der Waals surface area contributed by atoms with Crippen LogP contribution in [0.1, 0.15) is 10.5 Å². The summed E-state index contributed by atoms with van der Waals surface area (Å²) in [6, 6.07) is 3.22. The van der Waals surface area contributed by atoms with Gasteiger partial charge in [0.25, 0.3) is 5.95 Å². The fourth-order valence-electron chi connectivity index (χ4n) is 2.74. The van der Waals surface area contributed by atoms with E-state index in [0.29, 0.717) is 54.1 Å². The average molecular weight is 375 g/mol. The smallest absolute Gasteiger partial charge is 0.356 e. The van der Waals surface area contributed by atoms with Crippen molar-refractivity contribution in [3.8, 4) is 5.95 Å². The van der Waals surface area contributed by atoms with Crippen LogP contribution >= 0.6 is 11.6 Å². The Labute approximate surface area is 153 Å². The first-order chi connectivity index (χ1) is 12.7. The van der Waals surface area contributed by atoms with E-state index in [4.69, 9.17) is 21.1 Å². The van der Waals surface area contributed by atoms with E-state index in [2.05, 4.69) is 20.1 Å². The number of esters is 1. The first-order valence-corrected chi connectivity index (χ1v) is 8.34. The highest BCUT2D eigenvalue weighted by Gasteiger charge is 2.22. The summed E-state index contributed by atoms with van der Waals surface area (Å²) in [5.74, 6) is 0.382. The molecule has 4 heterocycles. The van der Waals surface area contributed by atoms with Crippen molar-refractivity contribution in [2.75, 3.05) is 38.3 Å². The van der Waals surface area contributed by atoms with Crippen LogP contribution in [-0.4, -0.2) is 64.1 Å². The number of halogens is 1. The number of aromatic nitrogens is 5. The largest absolute Gasteiger partial charge is 0.464 e. The Bertz CT molecular complexity index is 956. The molecule has 3 aromatic heterocycles. The maximum atomic E-state index is 11.9. The molecule has 0 unspecified atom stereocenters. The minimum Gasteiger partial charge on any atom is -0.464 e. The molecule has 3 aromatic rings. The van der Waals surface area contributed by atoms with E-state index in [0.717, 1.165) is 0 Å². The predicted molar refractivity (Wildman–Crippen MR) is 93.8 cm³/mol. The number of fused-ring (bicyclic) bond motifs is 1. The van der Waals surface area contributed by atoms with Crippen LogP contribution < -0.4 is 4.90 Å². The van der Waals surface area contributed by atoms with Crippen molar-refractivity contribution in [1.29, 1.82) is 0 Å². The zero-order valence-electron chi connectivity index (χ0n) is 13.9. The van der Waals surface area contributed by atoms with Crippen LogP contribution in [-0.2, 0) is 9.47 Å². The molecule has 1 saturated heterocycles. The van der Waals surface area contributed by atoms with Crippen LogP contribution in [0.2, 0.25) is 5.02 Å². The second-order valence-electron chi connectivity index (χ2n) is 5.58. The summed E-state index contributed by atoms with van der Waals surface area (Å²) in [6.07, 6.45) is 3.39. The van der Waals surface area contributed by atoms with Crippen molar-refractivity contribution < 1.29 is 14.3 Å². The normalized spacial score (nSPS) is 14.6. The lowest BCUT2D eigenvalue weighted by atomic mass is 10.2. The number of hydrogen-bond acceptors (Lipinski definition) is 8. The Morgan fingerprint density at radius 1 is 1.23 bits per heavy atom. The van der Waals surface area contributed by atoms with Gasteiger partial charge in [0.05, 0.1) is 25.3 Å². The lowest BCUT2D eigenvalue weighted by Crippen LogP contribution is -2.37. The molecule has 10 heteroatoms. The lowest BCUT2D eigenvalue weighted by Gasteiger charge is -2.28. The van der Waals surface area contributed by atoms with Gasteiger partial charge in [-0.2, -0.15) is 10.1 Å². The van der Waals surface area contributed by atoms with Gasteiger partial charge in [0.15, 0.2) is 11.5 Å². The molecule has 0 spiro atoms. The third-order valence-corrected chi connectivity index (χ3v) is 4.28. The number of rotatable bonds is 3. The number of carbonyl (C=O) groups is 1. The Balaban J connectivity index is 1.96. The minimum absolute atomic E-state index is 0.106. The molecule has 134 valence electrons. The number of methoxy groups -OCH3 is 1. The van der Waals surface area contributed by atoms with Gasteiger partial charge in [0.2, 0.25) is 0 Å². The molecular formula is C16H15ClN6O3. The number of nitrogens with zero attached hydrogens (tertiary/aromatic N) is 6. The standard InChI is InChI=1S/C16H15ClN6O3/c1-25-15(24)11-9-10(17)12-13(19-11)14(22-5-7-26-8-6-22)21-16(20-12)23-4-2-3-18-23/h2-4,9H,5-8H2,1H3. The van der Waals surface area contributed by atoms with Crippen molar-refractivity contribution in [3.05, 3.63) is 35.2 Å². The van der Waals surface area contributed by atoms with Crippen molar-refractivity contribution in [3.63, 3.8) is 0 Å². The fraction of sp³-hybridized carbons (Fsp3) is 0.312. The van der Waals surface area contributed by atoms with Gasteiger partial charge < -0.3 is 14.4 Å². The van der Waals surface area contributed by atoms with Gasteiger partial charge in [-0.15, -0.1) is 0 Å². The van der Waals surface area contributed by atoms with Crippen LogP contribution in [0.4, 0.5) is 5.82 Å². The topological polar surface area (TPSA) is 95.3 Å². The fourth-order valence-corrected chi connectivity index (χ4v) is 2.97. The highest BCUT2D eigenvalue weighted by Crippen LogP contribution is 2.29. The van der Waals surface area contributed by atoms with Gasteiger partial charge in [0, 0.05) is 25.5 Å². The van der Waals surface area contributed by atoms with Gasteiger partial charge in [-0.05, 0) is 12.1 Å². The molecule has 4 rings (SSSR count). The number of morpholine rings is 1. The monoisotopic (exact) mass is 374 g/mol. The van der Waals surface area contributed by atoms with E-state index >= 15 is 0 Å². The quantitative estimate of drug-likeness (QED) is 0.636. The molecule has 0 N–H and O–H groups in total. The summed E-state index contributed by atoms with van der Waals surface area (Å²) in [4.78, 5) is 27.5. The molecule has 26 heavy (non-hydrogen) atoms. The van der Waals surface area contributed by atoms with Gasteiger partial charge in [-0.1, -0.05) is 11.6 Å². The first kappa shape index (κ1) is 16.7. The molecule has 0 aliphatic carbocycles. The molecule has 0 radical (unpaired) electrons. The molecule has 0 atom stereocenters. The highest BCUT2D eigenvalue weighted by molar-refractivity contribution is 6.35. The molecular weight excluding hydrogens is 360 g/mol. The number of pyridine rings is 1. The summed E-state index contributed by atoms with van der Waals surface area (Å²) in [5, 5.41) is 4.47. The van der Waals surface area contributed by atoms with Crippen LogP contribution in [0, 0.1) is 0 Å². The maximum Gasteiger partial charge on any atom is 0.356 e. The molecule has 9 nitrogen and oxygen atoms in total. The summed E-state index contributed by atoms with van der Waals surface area (Å²) in [5.41, 5.74) is 0.993. The summed E-state index contributed by atoms with van der Waals surface area (Å²) >= 11 is 6.40. The molecule has 1 aliphatic rings. The second kappa shape index (κ2) is 6.85. The molecule has 0 saturated carbocycles. The average Bonchev–Trinajstić information content (AvgIpc) is 3.22. The Morgan fingerprint density at radius 3 is 2.73 bits per heavy atom. The van der Waals surface area contributed by atoms with Crippen LogP contribution in [0.25, 0.3) is 17.0 Å². The van der Waals surface area contributed by atoms with E-state index in [9.17, 15) is 4.79 Å². The number of hydrogen-bond donors (Lipinski definition) is 0. The lowest BCUT2D eigenvalue weighted by molar-refractivity contribution is 0.0594. The third-order valence-electron chi connectivity index (χ3n) is 3.99. The maximum absolute atomic E-state index is 11.9. The van der Waals surface area contributed by atoms with Crippen LogP contribution in [0.15, 0.2) is 24.5 Å². The van der Waals surface area contributed by atoms with Gasteiger partial charge >= 0.3 is 5.97 Å². The molecule has 1 aliphatic heterocycles. The minimum atomic E-state index is -0.571. The van der Waals surface area contributed by atoms with E-state index in [1.807, 2.05) is 4.90 Å². The third kappa shape index (κ3) is 2.95. The van der Waals surface area contributed by atoms with Gasteiger partial charge in [-0.3, -0.25) is 0 Å². The van der Waals surface area contributed by atoms with Crippen molar-refractivity contribution in [1.82, 2.24) is 24.7 Å². The predicted octanol–water partition coefficient (Wildman–Crippen LogP) is 1.49. The zero-order chi connectivity index (χ0) is 18.1. The van der Waals surface area contributed by atoms with E-state index < -0.39 is 5.97 Å². The Hall–Kier alpha value is -2.78. The number of anilines is 1. The van der Waals surface area contributed by atoms with Crippen molar-refractivity contribution >= 4 is 34.4 Å². The van der Waals surface area contributed by atoms with Crippen molar-refractivity contribution in [2.24, 2.45) is 0 Å². The van der Waals surface area contributed by atoms with Gasteiger partial charge in [0.1, 0.15) is 11.0 Å². The van der Waals surface area contributed by atoms with Crippen molar-refractivity contribution in [2.45, 2.75) is 0 Å². The molecule has 0 amide bonds. The SMILES string of the molecule is COC(=O)c1cc(Cl)c2nc(-n3cccn3)nc(N3CCOCC3)c2n1. The summed E-state index contributed by atoms with van der Waals surface area (Å²) in [7, 11) is 1.29. The number of carbonyl (C=O) groups excluding carboxylic acids is 1. The zero-order valence-corrected chi connectivity index (χ0v) is 14.7. The highest BCUT2D eigenvalue weighted by atomic mass is 35.5. The van der Waals surface area contributed by atoms with E-state index in [1.165, 1.54) is 13.2 Å². The Morgan fingerprint density at radius 2 is 2.04 bits per heavy atom. The van der Waals surface area contributed by atoms with E-state index in [-0.39, 0.29) is 5.69 Å². The summed E-state index contributed by atoms with van der Waals surface area (Å²) < 4.78 is 11.7. The molecule has 0 aromatic carbocycles. The molecule has 0 bridgehead atoms.